The van der Waals surface area contributed by atoms with E-state index in [9.17, 15) is 9.59 Å². The first-order chi connectivity index (χ1) is 14.5. The van der Waals surface area contributed by atoms with Crippen LogP contribution in [0.5, 0.6) is 0 Å². The summed E-state index contributed by atoms with van der Waals surface area (Å²) in [5, 5.41) is 5.28. The Morgan fingerprint density at radius 2 is 2.03 bits per heavy atom. The van der Waals surface area contributed by atoms with E-state index >= 15 is 0 Å². The average molecular weight is 426 g/mol. The fraction of sp³-hybridized carbons (Fsp3) is 0.455. The Bertz CT molecular complexity index is 932. The molecule has 0 bridgehead atoms. The zero-order chi connectivity index (χ0) is 21.1. The molecule has 2 N–H and O–H groups in total. The molecular weight excluding hydrogens is 398 g/mol. The minimum Gasteiger partial charge on any atom is -0.357 e. The zero-order valence-corrected chi connectivity index (χ0v) is 18.2. The third-order valence-electron chi connectivity index (χ3n) is 5.77. The maximum Gasteiger partial charge on any atom is 0.246 e. The van der Waals surface area contributed by atoms with Crippen LogP contribution in [0.3, 0.4) is 0 Å². The maximum absolute atomic E-state index is 12.2. The number of rotatable bonds is 8. The summed E-state index contributed by atoms with van der Waals surface area (Å²) in [5.41, 5.74) is 3.91. The molecule has 1 aliphatic carbocycles. The molecule has 2 heterocycles. The zero-order valence-electron chi connectivity index (χ0n) is 17.4. The van der Waals surface area contributed by atoms with Crippen molar-refractivity contribution in [2.45, 2.75) is 44.2 Å². The second kappa shape index (κ2) is 8.73. The highest BCUT2D eigenvalue weighted by Gasteiger charge is 2.33. The van der Waals surface area contributed by atoms with Gasteiger partial charge in [0.15, 0.2) is 0 Å². The molecule has 0 spiro atoms. The molecule has 7 nitrogen and oxygen atoms in total. The van der Waals surface area contributed by atoms with Crippen molar-refractivity contribution in [1.82, 2.24) is 24.9 Å². The molecule has 1 aromatic heterocycles. The molecule has 0 radical (unpaired) electrons. The minimum absolute atomic E-state index is 0.195. The molecule has 2 aromatic rings. The molecule has 1 aromatic carbocycles. The van der Waals surface area contributed by atoms with E-state index in [0.717, 1.165) is 36.5 Å². The minimum atomic E-state index is -0.933. The number of hydrogen-bond acceptors (Lipinski definition) is 6. The lowest BCUT2D eigenvalue weighted by Gasteiger charge is -2.32. The summed E-state index contributed by atoms with van der Waals surface area (Å²) in [6.45, 7) is 3.44. The number of benzene rings is 1. The van der Waals surface area contributed by atoms with Crippen molar-refractivity contribution < 1.29 is 9.59 Å². The fourth-order valence-electron chi connectivity index (χ4n) is 3.66. The Balaban J connectivity index is 1.40. The number of likely N-dealkylation sites (N-methyl/N-ethyl adjacent to an activating group) is 1. The van der Waals surface area contributed by atoms with Crippen LogP contribution >= 0.6 is 11.9 Å². The van der Waals surface area contributed by atoms with E-state index in [0.29, 0.717) is 18.1 Å². The second-order valence-corrected chi connectivity index (χ2v) is 9.21. The highest BCUT2D eigenvalue weighted by molar-refractivity contribution is 7.97. The van der Waals surface area contributed by atoms with Crippen LogP contribution in [0.25, 0.3) is 11.1 Å². The highest BCUT2D eigenvalue weighted by Crippen LogP contribution is 2.38. The van der Waals surface area contributed by atoms with Crippen molar-refractivity contribution in [2.24, 2.45) is 0 Å². The van der Waals surface area contributed by atoms with Gasteiger partial charge in [0.1, 0.15) is 11.4 Å². The summed E-state index contributed by atoms with van der Waals surface area (Å²) >= 11 is 1.59. The molecule has 1 aliphatic heterocycles. The highest BCUT2D eigenvalue weighted by atomic mass is 32.2. The van der Waals surface area contributed by atoms with Crippen molar-refractivity contribution in [3.63, 3.8) is 0 Å². The molecule has 8 heteroatoms. The quantitative estimate of drug-likeness (QED) is 0.498. The first kappa shape index (κ1) is 20.8. The van der Waals surface area contributed by atoms with Gasteiger partial charge in [0.05, 0.1) is 0 Å². The van der Waals surface area contributed by atoms with Crippen molar-refractivity contribution in [3.8, 4) is 11.1 Å². The molecular formula is C22H27N5O2S. The molecule has 0 saturated heterocycles. The first-order valence-electron chi connectivity index (χ1n) is 10.3. The monoisotopic (exact) mass is 425 g/mol. The lowest BCUT2D eigenvalue weighted by Crippen LogP contribution is -2.56. The van der Waals surface area contributed by atoms with Gasteiger partial charge in [-0.15, -0.1) is 0 Å². The van der Waals surface area contributed by atoms with Gasteiger partial charge in [-0.2, -0.15) is 0 Å². The molecule has 158 valence electrons. The number of hydrogen-bond donors (Lipinski definition) is 2. The van der Waals surface area contributed by atoms with E-state index in [-0.39, 0.29) is 5.91 Å². The summed E-state index contributed by atoms with van der Waals surface area (Å²) in [7, 11) is 1.58. The van der Waals surface area contributed by atoms with Gasteiger partial charge in [-0.1, -0.05) is 30.1 Å². The average Bonchev–Trinajstić information content (AvgIpc) is 3.62. The predicted molar refractivity (Wildman–Crippen MR) is 118 cm³/mol. The predicted octanol–water partition coefficient (Wildman–Crippen LogP) is 2.28. The SMILES string of the molecule is CNC(=O)[C@@](C)(CSN1CCc2cc(-c3cnc(C4CC4)nc3)ccc2C1)NC=O. The van der Waals surface area contributed by atoms with Crippen LogP contribution in [0.1, 0.15) is 42.6 Å². The van der Waals surface area contributed by atoms with Crippen molar-refractivity contribution >= 4 is 24.3 Å². The Morgan fingerprint density at radius 3 is 2.70 bits per heavy atom. The van der Waals surface area contributed by atoms with Gasteiger partial charge in [0.25, 0.3) is 0 Å². The summed E-state index contributed by atoms with van der Waals surface area (Å²) in [4.78, 5) is 32.2. The van der Waals surface area contributed by atoms with Gasteiger partial charge in [0, 0.05) is 49.8 Å². The number of nitrogens with one attached hydrogen (secondary N) is 2. The summed E-state index contributed by atoms with van der Waals surface area (Å²) in [6.07, 6.45) is 7.82. The Morgan fingerprint density at radius 1 is 1.27 bits per heavy atom. The number of nitrogens with zero attached hydrogens (tertiary/aromatic N) is 3. The summed E-state index contributed by atoms with van der Waals surface area (Å²) in [6, 6.07) is 6.55. The van der Waals surface area contributed by atoms with Crippen molar-refractivity contribution in [1.29, 1.82) is 0 Å². The van der Waals surface area contributed by atoms with Gasteiger partial charge in [-0.25, -0.2) is 14.3 Å². The number of amides is 2. The van der Waals surface area contributed by atoms with Crippen LogP contribution < -0.4 is 10.6 Å². The fourth-order valence-corrected chi connectivity index (χ4v) is 4.76. The van der Waals surface area contributed by atoms with Crippen molar-refractivity contribution in [3.05, 3.63) is 47.5 Å². The van der Waals surface area contributed by atoms with Crippen LogP contribution in [-0.2, 0) is 22.6 Å². The topological polar surface area (TPSA) is 87.2 Å². The molecule has 2 aliphatic rings. The molecule has 1 saturated carbocycles. The third-order valence-corrected chi connectivity index (χ3v) is 7.16. The van der Waals surface area contributed by atoms with Gasteiger partial charge < -0.3 is 10.6 Å². The van der Waals surface area contributed by atoms with Gasteiger partial charge >= 0.3 is 0 Å². The molecule has 1 atom stereocenters. The van der Waals surface area contributed by atoms with Crippen LogP contribution in [0, 0.1) is 0 Å². The Kier molecular flexibility index (Phi) is 6.06. The molecule has 4 rings (SSSR count). The summed E-state index contributed by atoms with van der Waals surface area (Å²) in [5.74, 6) is 1.82. The third kappa shape index (κ3) is 4.49. The number of carbonyl (C=O) groups is 2. The van der Waals surface area contributed by atoms with E-state index < -0.39 is 5.54 Å². The first-order valence-corrected chi connectivity index (χ1v) is 11.2. The number of fused-ring (bicyclic) bond motifs is 1. The lowest BCUT2D eigenvalue weighted by molar-refractivity contribution is -0.128. The van der Waals surface area contributed by atoms with Crippen LogP contribution in [0.4, 0.5) is 0 Å². The van der Waals surface area contributed by atoms with Crippen LogP contribution in [-0.4, -0.2) is 51.5 Å². The van der Waals surface area contributed by atoms with Crippen LogP contribution in [0.15, 0.2) is 30.6 Å². The van der Waals surface area contributed by atoms with Gasteiger partial charge in [-0.3, -0.25) is 9.59 Å². The number of aromatic nitrogens is 2. The number of carbonyl (C=O) groups excluding carboxylic acids is 2. The molecule has 2 amide bonds. The van der Waals surface area contributed by atoms with E-state index in [2.05, 4.69) is 43.1 Å². The molecule has 30 heavy (non-hydrogen) atoms. The molecule has 1 fully saturated rings. The van der Waals surface area contributed by atoms with Crippen molar-refractivity contribution in [2.75, 3.05) is 19.3 Å². The standard InChI is InChI=1S/C22H27N5O2S/c1-22(26-14-28,21(29)23-2)13-30-27-8-7-17-9-16(5-6-18(17)12-27)19-10-24-20(25-11-19)15-3-4-15/h5-6,9-11,14-15H,3-4,7-8,12-13H2,1-2H3,(H,23,29)(H,26,28)/t22-/m1/s1. The Hall–Kier alpha value is -2.45. The maximum atomic E-state index is 12.2. The van der Waals surface area contributed by atoms with E-state index in [1.807, 2.05) is 12.4 Å². The smallest absolute Gasteiger partial charge is 0.246 e. The van der Waals surface area contributed by atoms with E-state index in [1.165, 1.54) is 24.0 Å². The second-order valence-electron chi connectivity index (χ2n) is 8.15. The van der Waals surface area contributed by atoms with Gasteiger partial charge in [0.2, 0.25) is 12.3 Å². The van der Waals surface area contributed by atoms with Gasteiger partial charge in [-0.05, 0) is 42.9 Å². The Labute approximate surface area is 181 Å². The lowest BCUT2D eigenvalue weighted by atomic mass is 9.96. The normalized spacial score (nSPS) is 18.2. The summed E-state index contributed by atoms with van der Waals surface area (Å²) < 4.78 is 2.25. The van der Waals surface area contributed by atoms with E-state index in [4.69, 9.17) is 0 Å². The van der Waals surface area contributed by atoms with E-state index in [1.54, 1.807) is 25.9 Å². The molecule has 0 unspecified atom stereocenters. The van der Waals surface area contributed by atoms with Crippen LogP contribution in [0.2, 0.25) is 0 Å². The largest absolute Gasteiger partial charge is 0.357 e.